The van der Waals surface area contributed by atoms with Gasteiger partial charge in [0.25, 0.3) is 0 Å². The summed E-state index contributed by atoms with van der Waals surface area (Å²) in [5.74, 6) is -2.14. The third-order valence-electron chi connectivity index (χ3n) is 4.85. The number of carbonyl (C=O) groups is 1. The van der Waals surface area contributed by atoms with E-state index in [0.717, 1.165) is 52.2 Å². The molecule has 30 heavy (non-hydrogen) atoms. The molecule has 2 saturated heterocycles. The van der Waals surface area contributed by atoms with Gasteiger partial charge in [-0.1, -0.05) is 11.2 Å². The Morgan fingerprint density at radius 3 is 2.70 bits per heavy atom. The van der Waals surface area contributed by atoms with Crippen molar-refractivity contribution in [3.63, 3.8) is 0 Å². The molecule has 12 heteroatoms. The summed E-state index contributed by atoms with van der Waals surface area (Å²) in [5.41, 5.74) is -0.115. The second kappa shape index (κ2) is 9.31. The van der Waals surface area contributed by atoms with Gasteiger partial charge in [-0.15, -0.1) is 16.4 Å². The van der Waals surface area contributed by atoms with Crippen LogP contribution in [-0.2, 0) is 16.1 Å². The van der Waals surface area contributed by atoms with Crippen molar-refractivity contribution >= 4 is 23.3 Å². The molecule has 1 atom stereocenters. The Morgan fingerprint density at radius 1 is 1.33 bits per heavy atom. The van der Waals surface area contributed by atoms with Crippen molar-refractivity contribution in [1.82, 2.24) is 15.1 Å². The number of aryl methyl sites for hydroxylation is 1. The van der Waals surface area contributed by atoms with Crippen LogP contribution >= 0.6 is 11.3 Å². The van der Waals surface area contributed by atoms with Crippen LogP contribution in [0.3, 0.4) is 0 Å². The van der Waals surface area contributed by atoms with Gasteiger partial charge in [0.2, 0.25) is 5.89 Å². The number of hydrogen-bond acceptors (Lipinski definition) is 8. The Labute approximate surface area is 175 Å². The standard InChI is InChI=1S/C16H22N4O2S.C2HF3O2/c1-13-17-18-15(22-13)20-6-3-5-16(12-20)11-19(7-8-21-16)10-14-4-2-9-23-14;3-2(4,5)1(6)7/h2,4,9H,3,5-8,10-12H2,1H3;(H,6,7). The molecule has 0 aromatic carbocycles. The Balaban J connectivity index is 0.000000318. The number of carboxylic acids is 1. The van der Waals surface area contributed by atoms with Crippen molar-refractivity contribution in [2.45, 2.75) is 38.1 Å². The molecule has 8 nitrogen and oxygen atoms in total. The first-order valence-electron chi connectivity index (χ1n) is 9.41. The number of carboxylic acid groups (broad SMARTS) is 1. The van der Waals surface area contributed by atoms with Gasteiger partial charge in [0.1, 0.15) is 0 Å². The van der Waals surface area contributed by atoms with Gasteiger partial charge in [0.15, 0.2) is 0 Å². The molecule has 0 radical (unpaired) electrons. The van der Waals surface area contributed by atoms with Crippen LogP contribution in [0.1, 0.15) is 23.6 Å². The van der Waals surface area contributed by atoms with Gasteiger partial charge in [-0.2, -0.15) is 13.2 Å². The predicted molar refractivity (Wildman–Crippen MR) is 102 cm³/mol. The molecule has 4 heterocycles. The molecule has 2 aliphatic rings. The van der Waals surface area contributed by atoms with Crippen LogP contribution in [0.15, 0.2) is 21.9 Å². The molecular weight excluding hydrogens is 425 g/mol. The fourth-order valence-electron chi connectivity index (χ4n) is 3.60. The molecule has 2 aliphatic heterocycles. The molecule has 1 unspecified atom stereocenters. The first kappa shape index (κ1) is 22.5. The zero-order valence-electron chi connectivity index (χ0n) is 16.4. The van der Waals surface area contributed by atoms with E-state index in [9.17, 15) is 13.2 Å². The van der Waals surface area contributed by atoms with Crippen LogP contribution in [0.2, 0.25) is 0 Å². The summed E-state index contributed by atoms with van der Waals surface area (Å²) in [6.07, 6.45) is -2.90. The first-order chi connectivity index (χ1) is 14.2. The molecule has 0 saturated carbocycles. The molecule has 1 spiro atoms. The number of halogens is 3. The highest BCUT2D eigenvalue weighted by atomic mass is 32.1. The fraction of sp³-hybridized carbons (Fsp3) is 0.611. The van der Waals surface area contributed by atoms with Crippen molar-refractivity contribution in [1.29, 1.82) is 0 Å². The summed E-state index contributed by atoms with van der Waals surface area (Å²) in [5, 5.41) is 17.4. The molecular formula is C18H23F3N4O4S. The third kappa shape index (κ3) is 5.92. The van der Waals surface area contributed by atoms with E-state index in [4.69, 9.17) is 19.1 Å². The molecule has 2 fully saturated rings. The number of rotatable bonds is 3. The Kier molecular flexibility index (Phi) is 6.98. The number of anilines is 1. The normalized spacial score (nSPS) is 22.6. The lowest BCUT2D eigenvalue weighted by Crippen LogP contribution is -2.59. The number of thiophene rings is 1. The molecule has 4 rings (SSSR count). The molecule has 1 N–H and O–H groups in total. The lowest BCUT2D eigenvalue weighted by atomic mass is 9.91. The minimum Gasteiger partial charge on any atom is -0.475 e. The number of piperidine rings is 1. The first-order valence-corrected chi connectivity index (χ1v) is 10.3. The van der Waals surface area contributed by atoms with E-state index in [1.54, 1.807) is 0 Å². The number of morpholine rings is 1. The molecule has 0 amide bonds. The van der Waals surface area contributed by atoms with Gasteiger partial charge < -0.3 is 19.2 Å². The van der Waals surface area contributed by atoms with E-state index in [-0.39, 0.29) is 5.60 Å². The van der Waals surface area contributed by atoms with Crippen molar-refractivity contribution in [2.75, 3.05) is 37.7 Å². The number of hydrogen-bond donors (Lipinski definition) is 1. The van der Waals surface area contributed by atoms with Crippen LogP contribution in [0, 0.1) is 6.92 Å². The molecule has 166 valence electrons. The van der Waals surface area contributed by atoms with E-state index in [1.807, 2.05) is 18.3 Å². The zero-order valence-corrected chi connectivity index (χ0v) is 17.2. The van der Waals surface area contributed by atoms with Crippen molar-refractivity contribution in [3.8, 4) is 0 Å². The summed E-state index contributed by atoms with van der Waals surface area (Å²) < 4.78 is 43.6. The van der Waals surface area contributed by atoms with E-state index in [0.29, 0.717) is 11.9 Å². The maximum Gasteiger partial charge on any atom is 0.490 e. The van der Waals surface area contributed by atoms with Gasteiger partial charge in [-0.25, -0.2) is 4.79 Å². The van der Waals surface area contributed by atoms with Gasteiger partial charge in [-0.3, -0.25) is 4.90 Å². The third-order valence-corrected chi connectivity index (χ3v) is 5.72. The van der Waals surface area contributed by atoms with Gasteiger partial charge in [0.05, 0.1) is 18.8 Å². The smallest absolute Gasteiger partial charge is 0.475 e. The quantitative estimate of drug-likeness (QED) is 0.767. The van der Waals surface area contributed by atoms with Gasteiger partial charge >= 0.3 is 18.2 Å². The largest absolute Gasteiger partial charge is 0.490 e. The minimum atomic E-state index is -5.08. The number of alkyl halides is 3. The number of ether oxygens (including phenoxy) is 1. The van der Waals surface area contributed by atoms with E-state index in [1.165, 1.54) is 4.88 Å². The summed E-state index contributed by atoms with van der Waals surface area (Å²) >= 11 is 1.83. The summed E-state index contributed by atoms with van der Waals surface area (Å²) in [6, 6.07) is 4.96. The topological polar surface area (TPSA) is 91.9 Å². The highest BCUT2D eigenvalue weighted by molar-refractivity contribution is 7.09. The van der Waals surface area contributed by atoms with Gasteiger partial charge in [-0.05, 0) is 24.3 Å². The summed E-state index contributed by atoms with van der Waals surface area (Å²) in [4.78, 5) is 15.0. The monoisotopic (exact) mass is 448 g/mol. The van der Waals surface area contributed by atoms with Crippen LogP contribution < -0.4 is 4.90 Å². The van der Waals surface area contributed by atoms with E-state index < -0.39 is 12.1 Å². The minimum absolute atomic E-state index is 0.115. The van der Waals surface area contributed by atoms with E-state index in [2.05, 4.69) is 37.5 Å². The molecule has 0 aliphatic carbocycles. The maximum absolute atomic E-state index is 10.6. The van der Waals surface area contributed by atoms with Crippen LogP contribution in [-0.4, -0.2) is 70.7 Å². The Bertz CT molecular complexity index is 826. The van der Waals surface area contributed by atoms with E-state index >= 15 is 0 Å². The predicted octanol–water partition coefficient (Wildman–Crippen LogP) is 2.94. The highest BCUT2D eigenvalue weighted by Gasteiger charge is 2.41. The van der Waals surface area contributed by atoms with Crippen LogP contribution in [0.25, 0.3) is 0 Å². The zero-order chi connectivity index (χ0) is 21.8. The van der Waals surface area contributed by atoms with Crippen LogP contribution in [0.5, 0.6) is 0 Å². The SMILES string of the molecule is Cc1nnc(N2CCCC3(CN(Cc4cccs4)CCO3)C2)o1.O=C(O)C(F)(F)F. The summed E-state index contributed by atoms with van der Waals surface area (Å²) in [6.45, 7) is 7.39. The Hall–Kier alpha value is -2.18. The fourth-order valence-corrected chi connectivity index (χ4v) is 4.35. The number of aliphatic carboxylic acids is 1. The average molecular weight is 448 g/mol. The van der Waals surface area contributed by atoms with Crippen molar-refractivity contribution < 1.29 is 32.2 Å². The molecule has 0 bridgehead atoms. The average Bonchev–Trinajstić information content (AvgIpc) is 3.33. The molecule has 2 aromatic rings. The Morgan fingerprint density at radius 2 is 2.10 bits per heavy atom. The van der Waals surface area contributed by atoms with Gasteiger partial charge in [0, 0.05) is 38.0 Å². The number of nitrogens with zero attached hydrogens (tertiary/aromatic N) is 4. The molecule has 2 aromatic heterocycles. The summed E-state index contributed by atoms with van der Waals surface area (Å²) in [7, 11) is 0. The number of aromatic nitrogens is 2. The second-order valence-corrected chi connectivity index (χ2v) is 8.29. The van der Waals surface area contributed by atoms with Crippen LogP contribution in [0.4, 0.5) is 19.2 Å². The maximum atomic E-state index is 10.6. The highest BCUT2D eigenvalue weighted by Crippen LogP contribution is 2.32. The second-order valence-electron chi connectivity index (χ2n) is 7.25. The lowest BCUT2D eigenvalue weighted by Gasteiger charge is -2.47. The van der Waals surface area contributed by atoms with Crippen molar-refractivity contribution in [2.24, 2.45) is 0 Å². The van der Waals surface area contributed by atoms with Crippen molar-refractivity contribution in [3.05, 3.63) is 28.3 Å². The lowest BCUT2D eigenvalue weighted by molar-refractivity contribution is -0.192.